The maximum atomic E-state index is 6.18. The summed E-state index contributed by atoms with van der Waals surface area (Å²) in [7, 11) is 2.19. The van der Waals surface area contributed by atoms with E-state index in [9.17, 15) is 0 Å². The Morgan fingerprint density at radius 2 is 2.00 bits per heavy atom. The minimum absolute atomic E-state index is 0.151. The fourth-order valence-electron chi connectivity index (χ4n) is 2.56. The van der Waals surface area contributed by atoms with Gasteiger partial charge in [-0.05, 0) is 39.4 Å². The number of hydrogen-bond acceptors (Lipinski definition) is 2. The molecule has 0 heterocycles. The monoisotopic (exact) mass is 248 g/mol. The Morgan fingerprint density at radius 1 is 1.28 bits per heavy atom. The van der Waals surface area contributed by atoms with E-state index in [4.69, 9.17) is 5.73 Å². The zero-order chi connectivity index (χ0) is 13.5. The molecular formula is C16H28N2. The fraction of sp³-hybridized carbons (Fsp3) is 0.625. The average molecular weight is 248 g/mol. The molecule has 0 aliphatic rings. The summed E-state index contributed by atoms with van der Waals surface area (Å²) in [6, 6.07) is 9.18. The minimum atomic E-state index is 0.151. The largest absolute Gasteiger partial charge is 0.326 e. The number of hydrogen-bond donors (Lipinski definition) is 1. The molecule has 2 unspecified atom stereocenters. The van der Waals surface area contributed by atoms with E-state index >= 15 is 0 Å². The summed E-state index contributed by atoms with van der Waals surface area (Å²) < 4.78 is 0. The SMILES string of the molecule is CCCCCN(C)C(c1cccc(C)c1)C(C)N. The van der Waals surface area contributed by atoms with Crippen molar-refractivity contribution in [2.24, 2.45) is 5.73 Å². The Kier molecular flexibility index (Phi) is 6.37. The first-order valence-electron chi connectivity index (χ1n) is 7.08. The van der Waals surface area contributed by atoms with E-state index in [0.29, 0.717) is 6.04 Å². The molecule has 1 aromatic rings. The van der Waals surface area contributed by atoms with Crippen LogP contribution in [0.25, 0.3) is 0 Å². The summed E-state index contributed by atoms with van der Waals surface area (Å²) >= 11 is 0. The Hall–Kier alpha value is -0.860. The molecule has 0 aromatic heterocycles. The average Bonchev–Trinajstić information content (AvgIpc) is 2.29. The molecule has 2 N–H and O–H groups in total. The highest BCUT2D eigenvalue weighted by atomic mass is 15.1. The number of likely N-dealkylation sites (N-methyl/N-ethyl adjacent to an activating group) is 1. The molecule has 0 bridgehead atoms. The lowest BCUT2D eigenvalue weighted by Gasteiger charge is -2.31. The molecule has 0 amide bonds. The van der Waals surface area contributed by atoms with Crippen LogP contribution in [0.15, 0.2) is 24.3 Å². The van der Waals surface area contributed by atoms with Gasteiger partial charge >= 0.3 is 0 Å². The van der Waals surface area contributed by atoms with Crippen LogP contribution in [0, 0.1) is 6.92 Å². The molecule has 0 aliphatic carbocycles. The number of unbranched alkanes of at least 4 members (excludes halogenated alkanes) is 2. The lowest BCUT2D eigenvalue weighted by Crippen LogP contribution is -2.37. The van der Waals surface area contributed by atoms with Crippen LogP contribution >= 0.6 is 0 Å². The van der Waals surface area contributed by atoms with Crippen LogP contribution in [0.4, 0.5) is 0 Å². The number of benzene rings is 1. The molecule has 0 saturated carbocycles. The van der Waals surface area contributed by atoms with Crippen LogP contribution in [0.3, 0.4) is 0 Å². The third kappa shape index (κ3) is 4.43. The molecule has 2 atom stereocenters. The molecule has 1 aromatic carbocycles. The molecule has 0 aliphatic heterocycles. The molecule has 102 valence electrons. The van der Waals surface area contributed by atoms with Crippen molar-refractivity contribution < 1.29 is 0 Å². The van der Waals surface area contributed by atoms with Gasteiger partial charge in [0.2, 0.25) is 0 Å². The lowest BCUT2D eigenvalue weighted by molar-refractivity contribution is 0.215. The van der Waals surface area contributed by atoms with Gasteiger partial charge in [-0.15, -0.1) is 0 Å². The van der Waals surface area contributed by atoms with Gasteiger partial charge in [-0.3, -0.25) is 4.90 Å². The normalized spacial score (nSPS) is 14.8. The first-order valence-corrected chi connectivity index (χ1v) is 7.08. The van der Waals surface area contributed by atoms with E-state index in [1.54, 1.807) is 0 Å². The van der Waals surface area contributed by atoms with Crippen LogP contribution in [-0.2, 0) is 0 Å². The van der Waals surface area contributed by atoms with Crippen molar-refractivity contribution in [1.29, 1.82) is 0 Å². The second-order valence-electron chi connectivity index (χ2n) is 5.41. The standard InChI is InChI=1S/C16H28N2/c1-5-6-7-11-18(4)16(14(3)17)15-10-8-9-13(2)12-15/h8-10,12,14,16H,5-7,11,17H2,1-4H3. The summed E-state index contributed by atoms with van der Waals surface area (Å²) in [6.45, 7) is 7.60. The maximum Gasteiger partial charge on any atom is 0.0493 e. The first kappa shape index (κ1) is 15.2. The van der Waals surface area contributed by atoms with E-state index in [2.05, 4.69) is 57.0 Å². The predicted octanol–water partition coefficient (Wildman–Crippen LogP) is 3.51. The van der Waals surface area contributed by atoms with E-state index in [0.717, 1.165) is 6.54 Å². The summed E-state index contributed by atoms with van der Waals surface area (Å²) in [5, 5.41) is 0. The Balaban J connectivity index is 2.76. The van der Waals surface area contributed by atoms with Gasteiger partial charge in [-0.2, -0.15) is 0 Å². The third-order valence-electron chi connectivity index (χ3n) is 3.47. The summed E-state index contributed by atoms with van der Waals surface area (Å²) in [4.78, 5) is 2.40. The Bertz CT molecular complexity index is 347. The number of rotatable bonds is 7. The molecule has 1 rings (SSSR count). The topological polar surface area (TPSA) is 29.3 Å². The van der Waals surface area contributed by atoms with Gasteiger partial charge in [0, 0.05) is 12.1 Å². The van der Waals surface area contributed by atoms with Crippen molar-refractivity contribution in [3.05, 3.63) is 35.4 Å². The van der Waals surface area contributed by atoms with Crippen molar-refractivity contribution in [3.8, 4) is 0 Å². The van der Waals surface area contributed by atoms with Crippen molar-refractivity contribution in [2.45, 2.75) is 52.1 Å². The maximum absolute atomic E-state index is 6.18. The number of nitrogens with zero attached hydrogens (tertiary/aromatic N) is 1. The van der Waals surface area contributed by atoms with Crippen LogP contribution in [-0.4, -0.2) is 24.5 Å². The first-order chi connectivity index (χ1) is 8.56. The van der Waals surface area contributed by atoms with E-state index < -0.39 is 0 Å². The van der Waals surface area contributed by atoms with E-state index in [-0.39, 0.29) is 6.04 Å². The smallest absolute Gasteiger partial charge is 0.0493 e. The van der Waals surface area contributed by atoms with Crippen molar-refractivity contribution in [2.75, 3.05) is 13.6 Å². The Labute approximate surface area is 112 Å². The molecule has 18 heavy (non-hydrogen) atoms. The second-order valence-corrected chi connectivity index (χ2v) is 5.41. The van der Waals surface area contributed by atoms with Crippen LogP contribution < -0.4 is 5.73 Å². The van der Waals surface area contributed by atoms with Crippen molar-refractivity contribution in [3.63, 3.8) is 0 Å². The molecule has 2 nitrogen and oxygen atoms in total. The third-order valence-corrected chi connectivity index (χ3v) is 3.47. The highest BCUT2D eigenvalue weighted by molar-refractivity contribution is 5.26. The molecule has 0 saturated heterocycles. The van der Waals surface area contributed by atoms with Gasteiger partial charge in [0.25, 0.3) is 0 Å². The zero-order valence-electron chi connectivity index (χ0n) is 12.3. The second kappa shape index (κ2) is 7.55. The Morgan fingerprint density at radius 3 is 2.56 bits per heavy atom. The predicted molar refractivity (Wildman–Crippen MR) is 79.7 cm³/mol. The van der Waals surface area contributed by atoms with Gasteiger partial charge in [-0.1, -0.05) is 49.6 Å². The van der Waals surface area contributed by atoms with Crippen molar-refractivity contribution in [1.82, 2.24) is 4.90 Å². The van der Waals surface area contributed by atoms with Crippen LogP contribution in [0.5, 0.6) is 0 Å². The molecule has 0 radical (unpaired) electrons. The van der Waals surface area contributed by atoms with Crippen LogP contribution in [0.1, 0.15) is 50.3 Å². The van der Waals surface area contributed by atoms with Gasteiger partial charge in [0.05, 0.1) is 0 Å². The van der Waals surface area contributed by atoms with Gasteiger partial charge < -0.3 is 5.73 Å². The van der Waals surface area contributed by atoms with Gasteiger partial charge in [-0.25, -0.2) is 0 Å². The number of aryl methyl sites for hydroxylation is 1. The number of nitrogens with two attached hydrogens (primary N) is 1. The van der Waals surface area contributed by atoms with Gasteiger partial charge in [0.15, 0.2) is 0 Å². The van der Waals surface area contributed by atoms with Crippen LogP contribution in [0.2, 0.25) is 0 Å². The molecule has 0 spiro atoms. The summed E-state index contributed by atoms with van der Waals surface area (Å²) in [5.74, 6) is 0. The summed E-state index contributed by atoms with van der Waals surface area (Å²) in [5.41, 5.74) is 8.82. The van der Waals surface area contributed by atoms with E-state index in [1.165, 1.54) is 30.4 Å². The fourth-order valence-corrected chi connectivity index (χ4v) is 2.56. The summed E-state index contributed by atoms with van der Waals surface area (Å²) in [6.07, 6.45) is 3.81. The highest BCUT2D eigenvalue weighted by Gasteiger charge is 2.20. The highest BCUT2D eigenvalue weighted by Crippen LogP contribution is 2.23. The zero-order valence-corrected chi connectivity index (χ0v) is 12.3. The quantitative estimate of drug-likeness (QED) is 0.748. The molecular weight excluding hydrogens is 220 g/mol. The van der Waals surface area contributed by atoms with Gasteiger partial charge in [0.1, 0.15) is 0 Å². The molecule has 2 heteroatoms. The van der Waals surface area contributed by atoms with Crippen molar-refractivity contribution >= 4 is 0 Å². The minimum Gasteiger partial charge on any atom is -0.326 e. The van der Waals surface area contributed by atoms with E-state index in [1.807, 2.05) is 0 Å². The lowest BCUT2D eigenvalue weighted by atomic mass is 9.97. The molecule has 0 fully saturated rings.